The third kappa shape index (κ3) is 4.20. The molecule has 0 fully saturated rings. The van der Waals surface area contributed by atoms with Gasteiger partial charge in [-0.05, 0) is 36.4 Å². The first kappa shape index (κ1) is 17.5. The molecule has 25 heavy (non-hydrogen) atoms. The minimum atomic E-state index is 0.0260. The Morgan fingerprint density at radius 2 is 1.76 bits per heavy atom. The summed E-state index contributed by atoms with van der Waals surface area (Å²) in [4.78, 5) is 13.4. The number of methoxy groups -OCH3 is 2. The van der Waals surface area contributed by atoms with Crippen LogP contribution in [0.5, 0.6) is 23.0 Å². The molecule has 1 aliphatic rings. The molecule has 1 aliphatic heterocycles. The van der Waals surface area contributed by atoms with Gasteiger partial charge in [-0.3, -0.25) is 4.79 Å². The molecule has 0 atom stereocenters. The first-order valence-corrected chi connectivity index (χ1v) is 8.97. The summed E-state index contributed by atoms with van der Waals surface area (Å²) in [5.74, 6) is 3.01. The topological polar surface area (TPSA) is 54.0 Å². The van der Waals surface area contributed by atoms with Crippen LogP contribution in [0.25, 0.3) is 0 Å². The fourth-order valence-corrected chi connectivity index (χ4v) is 3.29. The number of hydrogen-bond donors (Lipinski definition) is 0. The number of benzene rings is 2. The zero-order chi connectivity index (χ0) is 17.6. The van der Waals surface area contributed by atoms with Crippen molar-refractivity contribution in [2.24, 2.45) is 0 Å². The predicted octanol–water partition coefficient (Wildman–Crippen LogP) is 3.84. The Bertz CT molecular complexity index is 759. The van der Waals surface area contributed by atoms with Gasteiger partial charge in [0.15, 0.2) is 28.8 Å². The average Bonchev–Trinajstić information content (AvgIpc) is 2.90. The van der Waals surface area contributed by atoms with Crippen molar-refractivity contribution in [3.63, 3.8) is 0 Å². The minimum Gasteiger partial charge on any atom is -0.493 e. The van der Waals surface area contributed by atoms with Crippen molar-refractivity contribution in [2.75, 3.05) is 33.2 Å². The number of rotatable bonds is 6. The van der Waals surface area contributed by atoms with E-state index in [0.29, 0.717) is 36.0 Å². The van der Waals surface area contributed by atoms with Crippen LogP contribution in [0.1, 0.15) is 16.8 Å². The van der Waals surface area contributed by atoms with Crippen LogP contribution in [0.15, 0.2) is 41.3 Å². The number of Topliss-reactive ketones (excluding diaryl/α,β-unsaturated/α-hetero) is 1. The Morgan fingerprint density at radius 3 is 2.52 bits per heavy atom. The normalized spacial score (nSPS) is 13.0. The minimum absolute atomic E-state index is 0.0260. The maximum Gasteiger partial charge on any atom is 0.173 e. The van der Waals surface area contributed by atoms with Gasteiger partial charge in [0.2, 0.25) is 0 Å². The zero-order valence-electron chi connectivity index (χ0n) is 14.2. The predicted molar refractivity (Wildman–Crippen MR) is 96.6 cm³/mol. The van der Waals surface area contributed by atoms with E-state index in [0.717, 1.165) is 22.8 Å². The van der Waals surface area contributed by atoms with Gasteiger partial charge in [-0.15, -0.1) is 11.8 Å². The SMILES string of the molecule is COc1ccc(C(=O)CSc2ccc3c(c2)OCCCO3)cc1OC. The maximum atomic E-state index is 12.5. The molecule has 0 radical (unpaired) electrons. The van der Waals surface area contributed by atoms with Crippen molar-refractivity contribution < 1.29 is 23.7 Å². The van der Waals surface area contributed by atoms with Crippen LogP contribution in [0.2, 0.25) is 0 Å². The fraction of sp³-hybridized carbons (Fsp3) is 0.316. The molecule has 0 aliphatic carbocycles. The quantitative estimate of drug-likeness (QED) is 0.576. The molecule has 5 nitrogen and oxygen atoms in total. The van der Waals surface area contributed by atoms with E-state index in [-0.39, 0.29) is 5.78 Å². The molecule has 1 heterocycles. The molecule has 0 unspecified atom stereocenters. The largest absolute Gasteiger partial charge is 0.493 e. The monoisotopic (exact) mass is 360 g/mol. The number of fused-ring (bicyclic) bond motifs is 1. The van der Waals surface area contributed by atoms with Gasteiger partial charge in [-0.25, -0.2) is 0 Å². The summed E-state index contributed by atoms with van der Waals surface area (Å²) in [7, 11) is 3.12. The van der Waals surface area contributed by atoms with E-state index in [9.17, 15) is 4.79 Å². The van der Waals surface area contributed by atoms with Crippen molar-refractivity contribution in [1.29, 1.82) is 0 Å². The molecule has 6 heteroatoms. The van der Waals surface area contributed by atoms with Gasteiger partial charge in [0.1, 0.15) is 0 Å². The van der Waals surface area contributed by atoms with Crippen LogP contribution in [-0.2, 0) is 0 Å². The lowest BCUT2D eigenvalue weighted by atomic mass is 10.1. The van der Waals surface area contributed by atoms with Gasteiger partial charge >= 0.3 is 0 Å². The molecular weight excluding hydrogens is 340 g/mol. The van der Waals surface area contributed by atoms with Crippen LogP contribution in [0.3, 0.4) is 0 Å². The first-order chi connectivity index (χ1) is 12.2. The third-order valence-electron chi connectivity index (χ3n) is 3.79. The lowest BCUT2D eigenvalue weighted by Gasteiger charge is -2.10. The molecule has 0 saturated carbocycles. The van der Waals surface area contributed by atoms with Crippen molar-refractivity contribution >= 4 is 17.5 Å². The van der Waals surface area contributed by atoms with Crippen molar-refractivity contribution in [1.82, 2.24) is 0 Å². The second-order valence-electron chi connectivity index (χ2n) is 5.44. The summed E-state index contributed by atoms with van der Waals surface area (Å²) in [6, 6.07) is 11.0. The molecule has 2 aromatic carbocycles. The van der Waals surface area contributed by atoms with Gasteiger partial charge < -0.3 is 18.9 Å². The highest BCUT2D eigenvalue weighted by Crippen LogP contribution is 2.34. The van der Waals surface area contributed by atoms with Crippen molar-refractivity contribution in [3.05, 3.63) is 42.0 Å². The summed E-state index contributed by atoms with van der Waals surface area (Å²) < 4.78 is 21.7. The van der Waals surface area contributed by atoms with Gasteiger partial charge in [0.05, 0.1) is 33.2 Å². The molecule has 0 N–H and O–H groups in total. The molecule has 0 spiro atoms. The summed E-state index contributed by atoms with van der Waals surface area (Å²) >= 11 is 1.47. The van der Waals surface area contributed by atoms with E-state index >= 15 is 0 Å². The Labute approximate surface area is 151 Å². The molecule has 0 bridgehead atoms. The van der Waals surface area contributed by atoms with E-state index in [1.807, 2.05) is 18.2 Å². The average molecular weight is 360 g/mol. The summed E-state index contributed by atoms with van der Waals surface area (Å²) in [5, 5.41) is 0. The Kier molecular flexibility index (Phi) is 5.71. The van der Waals surface area contributed by atoms with Gasteiger partial charge in [0, 0.05) is 16.9 Å². The number of hydrogen-bond acceptors (Lipinski definition) is 6. The van der Waals surface area contributed by atoms with Gasteiger partial charge in [-0.2, -0.15) is 0 Å². The Hall–Kier alpha value is -2.34. The van der Waals surface area contributed by atoms with Gasteiger partial charge in [-0.1, -0.05) is 0 Å². The standard InChI is InChI=1S/C19H20O5S/c1-21-16-6-4-13(10-18(16)22-2)15(20)12-25-14-5-7-17-19(11-14)24-9-3-8-23-17/h4-7,10-11H,3,8-9,12H2,1-2H3. The van der Waals surface area contributed by atoms with Crippen molar-refractivity contribution in [2.45, 2.75) is 11.3 Å². The second kappa shape index (κ2) is 8.16. The van der Waals surface area contributed by atoms with Crippen molar-refractivity contribution in [3.8, 4) is 23.0 Å². The number of carbonyl (C=O) groups excluding carboxylic acids is 1. The van der Waals surface area contributed by atoms with E-state index in [1.54, 1.807) is 32.4 Å². The molecule has 0 amide bonds. The number of thioether (sulfide) groups is 1. The number of ether oxygens (including phenoxy) is 4. The van der Waals surface area contributed by atoms with Crippen LogP contribution >= 0.6 is 11.8 Å². The molecule has 0 aromatic heterocycles. The highest BCUT2D eigenvalue weighted by molar-refractivity contribution is 8.00. The summed E-state index contributed by atoms with van der Waals surface area (Å²) in [6.07, 6.45) is 0.870. The number of carbonyl (C=O) groups is 1. The molecule has 3 rings (SSSR count). The smallest absolute Gasteiger partial charge is 0.173 e. The summed E-state index contributed by atoms with van der Waals surface area (Å²) in [6.45, 7) is 1.31. The second-order valence-corrected chi connectivity index (χ2v) is 6.49. The lowest BCUT2D eigenvalue weighted by molar-refractivity contribution is 0.102. The third-order valence-corrected chi connectivity index (χ3v) is 4.79. The van der Waals surface area contributed by atoms with Crippen LogP contribution in [-0.4, -0.2) is 39.0 Å². The first-order valence-electron chi connectivity index (χ1n) is 7.99. The fourth-order valence-electron chi connectivity index (χ4n) is 2.48. The van der Waals surface area contributed by atoms with Crippen LogP contribution < -0.4 is 18.9 Å². The van der Waals surface area contributed by atoms with E-state index < -0.39 is 0 Å². The number of ketones is 1. The van der Waals surface area contributed by atoms with E-state index in [1.165, 1.54) is 11.8 Å². The molecule has 2 aromatic rings. The van der Waals surface area contributed by atoms with Crippen LogP contribution in [0.4, 0.5) is 0 Å². The zero-order valence-corrected chi connectivity index (χ0v) is 15.1. The van der Waals surface area contributed by atoms with Gasteiger partial charge in [0.25, 0.3) is 0 Å². The summed E-state index contributed by atoms with van der Waals surface area (Å²) in [5.41, 5.74) is 0.597. The van der Waals surface area contributed by atoms with E-state index in [4.69, 9.17) is 18.9 Å². The Morgan fingerprint density at radius 1 is 1.00 bits per heavy atom. The lowest BCUT2D eigenvalue weighted by Crippen LogP contribution is -2.03. The highest BCUT2D eigenvalue weighted by atomic mass is 32.2. The Balaban J connectivity index is 1.67. The molecular formula is C19H20O5S. The highest BCUT2D eigenvalue weighted by Gasteiger charge is 2.14. The molecule has 132 valence electrons. The van der Waals surface area contributed by atoms with E-state index in [2.05, 4.69) is 0 Å². The molecule has 0 saturated heterocycles. The van der Waals surface area contributed by atoms with Crippen LogP contribution in [0, 0.1) is 0 Å². The maximum absolute atomic E-state index is 12.5.